The normalized spacial score (nSPS) is 9.43. The summed E-state index contributed by atoms with van der Waals surface area (Å²) < 4.78 is 0. The molecule has 0 heteroatoms. The van der Waals surface area contributed by atoms with Gasteiger partial charge in [-0.2, -0.15) is 0 Å². The first-order valence-electron chi connectivity index (χ1n) is 4.99. The average molecular weight is 186 g/mol. The van der Waals surface area contributed by atoms with Gasteiger partial charge in [0.15, 0.2) is 0 Å². The minimum Gasteiger partial charge on any atom is -0.0758 e. The van der Waals surface area contributed by atoms with Crippen molar-refractivity contribution in [2.45, 2.75) is 27.7 Å². The number of allylic oxidation sites excluding steroid dienone is 4. The van der Waals surface area contributed by atoms with Gasteiger partial charge < -0.3 is 0 Å². The first-order chi connectivity index (χ1) is 6.61. The Morgan fingerprint density at radius 2 is 1.50 bits per heavy atom. The smallest absolute Gasteiger partial charge is 0.0185 e. The molecule has 1 aromatic rings. The van der Waals surface area contributed by atoms with Crippen molar-refractivity contribution in [2.24, 2.45) is 0 Å². The largest absolute Gasteiger partial charge is 0.0758 e. The number of hydrogen-bond acceptors (Lipinski definition) is 0. The van der Waals surface area contributed by atoms with Crippen LogP contribution < -0.4 is 0 Å². The Hall–Kier alpha value is -1.30. The first-order valence-corrected chi connectivity index (χ1v) is 4.99. The van der Waals surface area contributed by atoms with E-state index >= 15 is 0 Å². The Morgan fingerprint density at radius 3 is 1.93 bits per heavy atom. The Morgan fingerprint density at radius 1 is 0.929 bits per heavy atom. The summed E-state index contributed by atoms with van der Waals surface area (Å²) in [7, 11) is 0. The molecule has 0 radical (unpaired) electrons. The quantitative estimate of drug-likeness (QED) is 0.599. The molecule has 0 aliphatic carbocycles. The van der Waals surface area contributed by atoms with E-state index in [4.69, 9.17) is 0 Å². The molecule has 0 N–H and O–H groups in total. The number of hydrogen-bond donors (Lipinski definition) is 0. The van der Waals surface area contributed by atoms with Gasteiger partial charge in [0.1, 0.15) is 0 Å². The first kappa shape index (κ1) is 10.8. The van der Waals surface area contributed by atoms with Gasteiger partial charge in [-0.3, -0.25) is 0 Å². The predicted molar refractivity (Wildman–Crippen MR) is 64.1 cm³/mol. The van der Waals surface area contributed by atoms with Crippen molar-refractivity contribution in [2.75, 3.05) is 0 Å². The summed E-state index contributed by atoms with van der Waals surface area (Å²) in [5, 5.41) is 0. The van der Waals surface area contributed by atoms with Crippen molar-refractivity contribution in [1.29, 1.82) is 0 Å². The molecule has 0 bridgehead atoms. The molecular weight excluding hydrogens is 168 g/mol. The Balaban J connectivity index is 3.17. The molecule has 0 spiro atoms. The minimum atomic E-state index is 1.30. The maximum absolute atomic E-state index is 2.24. The van der Waals surface area contributed by atoms with Crippen LogP contribution in [0.4, 0.5) is 0 Å². The summed E-state index contributed by atoms with van der Waals surface area (Å²) in [4.78, 5) is 0. The van der Waals surface area contributed by atoms with E-state index in [0.717, 1.165) is 0 Å². The van der Waals surface area contributed by atoms with Crippen LogP contribution in [-0.4, -0.2) is 0 Å². The number of rotatable bonds is 2. The van der Waals surface area contributed by atoms with Crippen molar-refractivity contribution in [3.63, 3.8) is 0 Å². The van der Waals surface area contributed by atoms with Crippen LogP contribution in [0.1, 0.15) is 33.3 Å². The molecule has 0 unspecified atom stereocenters. The molecule has 14 heavy (non-hydrogen) atoms. The molecule has 0 saturated heterocycles. The topological polar surface area (TPSA) is 0 Å². The highest BCUT2D eigenvalue weighted by Gasteiger charge is 1.98. The van der Waals surface area contributed by atoms with Gasteiger partial charge in [-0.05, 0) is 38.8 Å². The summed E-state index contributed by atoms with van der Waals surface area (Å²) in [5.41, 5.74) is 5.33. The molecule has 0 aliphatic rings. The Kier molecular flexibility index (Phi) is 3.70. The van der Waals surface area contributed by atoms with Crippen LogP contribution in [0.15, 0.2) is 47.6 Å². The average Bonchev–Trinajstić information content (AvgIpc) is 2.15. The SMILES string of the molecule is CC(C)=CC(=C(C)C)c1ccccc1. The van der Waals surface area contributed by atoms with E-state index in [0.29, 0.717) is 0 Å². The molecule has 0 aromatic heterocycles. The molecule has 1 aromatic carbocycles. The fraction of sp³-hybridized carbons (Fsp3) is 0.286. The molecule has 0 atom stereocenters. The maximum atomic E-state index is 2.24. The second kappa shape index (κ2) is 4.80. The fourth-order valence-electron chi connectivity index (χ4n) is 1.42. The van der Waals surface area contributed by atoms with Gasteiger partial charge in [-0.25, -0.2) is 0 Å². The summed E-state index contributed by atoms with van der Waals surface area (Å²) in [6, 6.07) is 10.5. The zero-order valence-electron chi connectivity index (χ0n) is 9.46. The molecule has 0 nitrogen and oxygen atoms in total. The van der Waals surface area contributed by atoms with Crippen molar-refractivity contribution >= 4 is 5.57 Å². The van der Waals surface area contributed by atoms with Crippen LogP contribution in [-0.2, 0) is 0 Å². The lowest BCUT2D eigenvalue weighted by Crippen LogP contribution is -1.84. The monoisotopic (exact) mass is 186 g/mol. The van der Waals surface area contributed by atoms with Crippen LogP contribution in [0.25, 0.3) is 5.57 Å². The fourth-order valence-corrected chi connectivity index (χ4v) is 1.42. The highest BCUT2D eigenvalue weighted by Crippen LogP contribution is 2.20. The lowest BCUT2D eigenvalue weighted by atomic mass is 10.00. The van der Waals surface area contributed by atoms with E-state index < -0.39 is 0 Å². The maximum Gasteiger partial charge on any atom is -0.0185 e. The lowest BCUT2D eigenvalue weighted by Gasteiger charge is -2.06. The van der Waals surface area contributed by atoms with Crippen LogP contribution in [0, 0.1) is 0 Å². The van der Waals surface area contributed by atoms with E-state index in [2.05, 4.69) is 64.1 Å². The third-order valence-electron chi connectivity index (χ3n) is 2.06. The third kappa shape index (κ3) is 2.88. The Labute approximate surface area is 87.0 Å². The summed E-state index contributed by atoms with van der Waals surface area (Å²) in [5.74, 6) is 0. The van der Waals surface area contributed by atoms with Crippen LogP contribution in [0.2, 0.25) is 0 Å². The van der Waals surface area contributed by atoms with Gasteiger partial charge in [-0.1, -0.05) is 47.6 Å². The zero-order valence-corrected chi connectivity index (χ0v) is 9.46. The minimum absolute atomic E-state index is 1.30. The molecular formula is C14H18. The zero-order chi connectivity index (χ0) is 10.6. The van der Waals surface area contributed by atoms with Gasteiger partial charge in [0, 0.05) is 0 Å². The van der Waals surface area contributed by atoms with E-state index in [9.17, 15) is 0 Å². The molecule has 0 saturated carbocycles. The van der Waals surface area contributed by atoms with Crippen molar-refractivity contribution in [3.05, 3.63) is 53.1 Å². The highest BCUT2D eigenvalue weighted by atomic mass is 14.0. The van der Waals surface area contributed by atoms with E-state index in [1.165, 1.54) is 22.3 Å². The third-order valence-corrected chi connectivity index (χ3v) is 2.06. The van der Waals surface area contributed by atoms with E-state index in [1.807, 2.05) is 0 Å². The highest BCUT2D eigenvalue weighted by molar-refractivity contribution is 5.76. The molecule has 0 fully saturated rings. The molecule has 74 valence electrons. The second-order valence-electron chi connectivity index (χ2n) is 4.00. The van der Waals surface area contributed by atoms with E-state index in [1.54, 1.807) is 0 Å². The lowest BCUT2D eigenvalue weighted by molar-refractivity contribution is 1.35. The standard InChI is InChI=1S/C14H18/c1-11(2)10-14(12(3)4)13-8-6-5-7-9-13/h5-10H,1-4H3. The molecule has 1 rings (SSSR count). The van der Waals surface area contributed by atoms with Crippen molar-refractivity contribution in [3.8, 4) is 0 Å². The summed E-state index contributed by atoms with van der Waals surface area (Å²) in [6.07, 6.45) is 2.24. The van der Waals surface area contributed by atoms with Crippen molar-refractivity contribution in [1.82, 2.24) is 0 Å². The summed E-state index contributed by atoms with van der Waals surface area (Å²) in [6.45, 7) is 8.57. The molecule has 0 heterocycles. The van der Waals surface area contributed by atoms with Gasteiger partial charge in [0.05, 0.1) is 0 Å². The van der Waals surface area contributed by atoms with Crippen LogP contribution in [0.5, 0.6) is 0 Å². The molecule has 0 aliphatic heterocycles. The van der Waals surface area contributed by atoms with Gasteiger partial charge in [0.2, 0.25) is 0 Å². The number of benzene rings is 1. The van der Waals surface area contributed by atoms with Gasteiger partial charge in [0.25, 0.3) is 0 Å². The van der Waals surface area contributed by atoms with Gasteiger partial charge in [-0.15, -0.1) is 0 Å². The predicted octanol–water partition coefficient (Wildman–Crippen LogP) is 4.45. The Bertz CT molecular complexity index is 345. The second-order valence-corrected chi connectivity index (χ2v) is 4.00. The van der Waals surface area contributed by atoms with E-state index in [-0.39, 0.29) is 0 Å². The van der Waals surface area contributed by atoms with Gasteiger partial charge >= 0.3 is 0 Å². The van der Waals surface area contributed by atoms with Crippen LogP contribution >= 0.6 is 0 Å². The molecule has 0 amide bonds. The van der Waals surface area contributed by atoms with Crippen LogP contribution in [0.3, 0.4) is 0 Å². The summed E-state index contributed by atoms with van der Waals surface area (Å²) >= 11 is 0. The van der Waals surface area contributed by atoms with Crippen molar-refractivity contribution < 1.29 is 0 Å².